The van der Waals surface area contributed by atoms with Crippen molar-refractivity contribution in [3.05, 3.63) is 18.0 Å². The first-order valence-corrected chi connectivity index (χ1v) is 5.21. The van der Waals surface area contributed by atoms with Crippen LogP contribution in [0.15, 0.2) is 17.4 Å². The van der Waals surface area contributed by atoms with Crippen molar-refractivity contribution in [2.24, 2.45) is 0 Å². The number of thioether (sulfide) groups is 1. The van der Waals surface area contributed by atoms with Crippen molar-refractivity contribution in [2.45, 2.75) is 25.2 Å². The Hall–Kier alpha value is -0.780. The van der Waals surface area contributed by atoms with Crippen molar-refractivity contribution in [3.63, 3.8) is 0 Å². The van der Waals surface area contributed by atoms with Gasteiger partial charge in [-0.3, -0.25) is 0 Å². The molecule has 0 aromatic carbocycles. The summed E-state index contributed by atoms with van der Waals surface area (Å²) in [4.78, 5) is 6.91. The summed E-state index contributed by atoms with van der Waals surface area (Å²) in [5.41, 5.74) is -0.901. The molecule has 0 aliphatic heterocycles. The molecule has 0 atom stereocenters. The molecule has 6 heteroatoms. The maximum Gasteiger partial charge on any atom is 0.433 e. The van der Waals surface area contributed by atoms with E-state index in [9.17, 15) is 13.2 Å². The van der Waals surface area contributed by atoms with Gasteiger partial charge in [-0.25, -0.2) is 9.97 Å². The Labute approximate surface area is 85.0 Å². The van der Waals surface area contributed by atoms with Gasteiger partial charge in [0, 0.05) is 6.20 Å². The molecule has 80 valence electrons. The summed E-state index contributed by atoms with van der Waals surface area (Å²) in [6.07, 6.45) is -1.66. The molecule has 0 fully saturated rings. The Morgan fingerprint density at radius 1 is 1.29 bits per heavy atom. The van der Waals surface area contributed by atoms with Gasteiger partial charge in [-0.05, 0) is 12.3 Å². The summed E-state index contributed by atoms with van der Waals surface area (Å²) in [7, 11) is 0. The smallest absolute Gasteiger partial charge is 0.231 e. The van der Waals surface area contributed by atoms with E-state index in [-0.39, 0.29) is 5.16 Å². The van der Waals surface area contributed by atoms with Gasteiger partial charge in [0.1, 0.15) is 5.69 Å². The van der Waals surface area contributed by atoms with Crippen molar-refractivity contribution in [2.75, 3.05) is 6.26 Å². The van der Waals surface area contributed by atoms with Crippen LogP contribution in [0.25, 0.3) is 0 Å². The Morgan fingerprint density at radius 3 is 2.29 bits per heavy atom. The molecule has 0 aliphatic rings. The minimum atomic E-state index is -4.38. The number of aromatic nitrogens is 2. The van der Waals surface area contributed by atoms with E-state index < -0.39 is 11.9 Å². The highest BCUT2D eigenvalue weighted by molar-refractivity contribution is 7.98. The third-order valence-corrected chi connectivity index (χ3v) is 1.67. The van der Waals surface area contributed by atoms with Gasteiger partial charge < -0.3 is 0 Å². The van der Waals surface area contributed by atoms with Gasteiger partial charge in [-0.1, -0.05) is 25.6 Å². The summed E-state index contributed by atoms with van der Waals surface area (Å²) >= 11 is 1.08. The average molecular weight is 224 g/mol. The summed E-state index contributed by atoms with van der Waals surface area (Å²) < 4.78 is 36.0. The molecule has 1 heterocycles. The number of nitrogens with zero attached hydrogens (tertiary/aromatic N) is 2. The molecule has 14 heavy (non-hydrogen) atoms. The number of hydrogen-bond acceptors (Lipinski definition) is 3. The van der Waals surface area contributed by atoms with Crippen LogP contribution in [0.5, 0.6) is 0 Å². The number of alkyl halides is 3. The summed E-state index contributed by atoms with van der Waals surface area (Å²) in [5.74, 6) is 0. The Bertz CT molecular complexity index is 276. The molecule has 1 rings (SSSR count). The zero-order valence-electron chi connectivity index (χ0n) is 8.09. The number of rotatable bonds is 1. The zero-order valence-corrected chi connectivity index (χ0v) is 8.91. The first-order chi connectivity index (χ1) is 6.54. The summed E-state index contributed by atoms with van der Waals surface area (Å²) in [6, 6.07) is 0.847. The molecule has 0 unspecified atom stereocenters. The van der Waals surface area contributed by atoms with Crippen LogP contribution in [0, 0.1) is 0 Å². The van der Waals surface area contributed by atoms with E-state index in [0.717, 1.165) is 24.0 Å². The molecule has 0 amide bonds. The Kier molecular flexibility index (Phi) is 5.52. The van der Waals surface area contributed by atoms with Crippen LogP contribution >= 0.6 is 11.8 Å². The maximum absolute atomic E-state index is 12.0. The lowest BCUT2D eigenvalue weighted by molar-refractivity contribution is -0.141. The molecule has 0 N–H and O–H groups in total. The summed E-state index contributed by atoms with van der Waals surface area (Å²) in [6.45, 7) is 4.00. The normalized spacial score (nSPS) is 10.4. The van der Waals surface area contributed by atoms with Gasteiger partial charge >= 0.3 is 6.18 Å². The van der Waals surface area contributed by atoms with Crippen molar-refractivity contribution in [1.29, 1.82) is 0 Å². The predicted octanol–water partition coefficient (Wildman–Crippen LogP) is 3.24. The maximum atomic E-state index is 12.0. The molecule has 0 aliphatic carbocycles. The van der Waals surface area contributed by atoms with E-state index in [1.165, 1.54) is 0 Å². The minimum absolute atomic E-state index is 0.129. The largest absolute Gasteiger partial charge is 0.433 e. The first-order valence-electron chi connectivity index (χ1n) is 3.98. The highest BCUT2D eigenvalue weighted by Crippen LogP contribution is 2.27. The van der Waals surface area contributed by atoms with E-state index in [2.05, 4.69) is 9.97 Å². The van der Waals surface area contributed by atoms with Crippen LogP contribution in [0.4, 0.5) is 13.2 Å². The van der Waals surface area contributed by atoms with Crippen molar-refractivity contribution in [1.82, 2.24) is 9.97 Å². The van der Waals surface area contributed by atoms with Gasteiger partial charge in [0.05, 0.1) is 0 Å². The molecule has 0 radical (unpaired) electrons. The van der Waals surface area contributed by atoms with Crippen LogP contribution in [0.3, 0.4) is 0 Å². The number of hydrogen-bond donors (Lipinski definition) is 0. The standard InChI is InChI=1S/C6H5F3N2S.C2H6/c1-12-5-10-3-2-4(11-5)6(7,8)9;1-2/h2-3H,1H3;1-2H3. The molecular weight excluding hydrogens is 213 g/mol. The van der Waals surface area contributed by atoms with Gasteiger partial charge in [-0.15, -0.1) is 0 Å². The molecule has 0 saturated heterocycles. The SMILES string of the molecule is CC.CSc1nccc(C(F)(F)F)n1. The molecule has 0 saturated carbocycles. The summed E-state index contributed by atoms with van der Waals surface area (Å²) in [5, 5.41) is 0.129. The highest BCUT2D eigenvalue weighted by Gasteiger charge is 2.32. The fraction of sp³-hybridized carbons (Fsp3) is 0.500. The zero-order chi connectivity index (χ0) is 11.2. The van der Waals surface area contributed by atoms with E-state index in [1.807, 2.05) is 13.8 Å². The van der Waals surface area contributed by atoms with Gasteiger partial charge in [-0.2, -0.15) is 13.2 Å². The third kappa shape index (κ3) is 3.95. The monoisotopic (exact) mass is 224 g/mol. The highest BCUT2D eigenvalue weighted by atomic mass is 32.2. The first kappa shape index (κ1) is 13.2. The lowest BCUT2D eigenvalue weighted by Crippen LogP contribution is -2.08. The van der Waals surface area contributed by atoms with E-state index >= 15 is 0 Å². The van der Waals surface area contributed by atoms with Crippen LogP contribution in [0.1, 0.15) is 19.5 Å². The number of halogens is 3. The second-order valence-electron chi connectivity index (χ2n) is 1.93. The molecular formula is C8H11F3N2S. The van der Waals surface area contributed by atoms with Crippen LogP contribution < -0.4 is 0 Å². The van der Waals surface area contributed by atoms with Gasteiger partial charge in [0.15, 0.2) is 5.16 Å². The van der Waals surface area contributed by atoms with Crippen LogP contribution in [-0.2, 0) is 6.18 Å². The van der Waals surface area contributed by atoms with Crippen LogP contribution in [0.2, 0.25) is 0 Å². The van der Waals surface area contributed by atoms with E-state index in [1.54, 1.807) is 6.26 Å². The average Bonchev–Trinajstić information content (AvgIpc) is 2.20. The molecule has 1 aromatic rings. The fourth-order valence-corrected chi connectivity index (χ4v) is 0.953. The third-order valence-electron chi connectivity index (χ3n) is 1.11. The molecule has 0 bridgehead atoms. The van der Waals surface area contributed by atoms with Crippen molar-refractivity contribution < 1.29 is 13.2 Å². The molecule has 1 aromatic heterocycles. The van der Waals surface area contributed by atoms with E-state index in [4.69, 9.17) is 0 Å². The fourth-order valence-electron chi connectivity index (χ4n) is 0.597. The van der Waals surface area contributed by atoms with Crippen molar-refractivity contribution >= 4 is 11.8 Å². The van der Waals surface area contributed by atoms with Gasteiger partial charge in [0.25, 0.3) is 0 Å². The second-order valence-corrected chi connectivity index (χ2v) is 2.70. The van der Waals surface area contributed by atoms with Crippen LogP contribution in [-0.4, -0.2) is 16.2 Å². The van der Waals surface area contributed by atoms with E-state index in [0.29, 0.717) is 0 Å². The lowest BCUT2D eigenvalue weighted by Gasteiger charge is -2.04. The second kappa shape index (κ2) is 5.85. The molecule has 2 nitrogen and oxygen atoms in total. The molecule has 0 spiro atoms. The van der Waals surface area contributed by atoms with Crippen molar-refractivity contribution in [3.8, 4) is 0 Å². The minimum Gasteiger partial charge on any atom is -0.231 e. The predicted molar refractivity (Wildman–Crippen MR) is 50.2 cm³/mol. The van der Waals surface area contributed by atoms with Gasteiger partial charge in [0.2, 0.25) is 0 Å². The lowest BCUT2D eigenvalue weighted by atomic mass is 10.4. The quantitative estimate of drug-likeness (QED) is 0.541. The Morgan fingerprint density at radius 2 is 1.86 bits per heavy atom. The topological polar surface area (TPSA) is 25.8 Å². The Balaban J connectivity index is 0.000000791.